The van der Waals surface area contributed by atoms with Crippen molar-refractivity contribution in [1.82, 2.24) is 19.7 Å². The third kappa shape index (κ3) is 4.04. The Balaban J connectivity index is 1.78. The van der Waals surface area contributed by atoms with Crippen LogP contribution in [0, 0.1) is 13.0 Å². The van der Waals surface area contributed by atoms with Gasteiger partial charge in [-0.25, -0.2) is 4.98 Å². The molecule has 1 aromatic carbocycles. The van der Waals surface area contributed by atoms with Gasteiger partial charge in [0.25, 0.3) is 0 Å². The van der Waals surface area contributed by atoms with Gasteiger partial charge in [-0.3, -0.25) is 4.68 Å². The summed E-state index contributed by atoms with van der Waals surface area (Å²) in [7, 11) is 1.84. The number of aromatic nitrogens is 4. The lowest BCUT2D eigenvalue weighted by atomic mass is 10.1. The van der Waals surface area contributed by atoms with Gasteiger partial charge in [-0.15, -0.1) is 0 Å². The summed E-state index contributed by atoms with van der Waals surface area (Å²) >= 11 is 9.63. The molecule has 2 heterocycles. The summed E-state index contributed by atoms with van der Waals surface area (Å²) in [6, 6.07) is 8.47. The molecule has 3 rings (SSSR count). The molecule has 24 heavy (non-hydrogen) atoms. The molecular formula is C16H14BrClN6. The van der Waals surface area contributed by atoms with Crippen LogP contribution in [0.1, 0.15) is 5.56 Å². The zero-order valence-electron chi connectivity index (χ0n) is 12.8. The summed E-state index contributed by atoms with van der Waals surface area (Å²) in [5, 5.41) is 10.7. The summed E-state index contributed by atoms with van der Waals surface area (Å²) < 4.78 is 2.66. The minimum Gasteiger partial charge on any atom is -0.356 e. The largest absolute Gasteiger partial charge is 0.356 e. The van der Waals surface area contributed by atoms with Gasteiger partial charge in [0.2, 0.25) is 5.95 Å². The quantitative estimate of drug-likeness (QED) is 0.666. The number of hydrogen-bond acceptors (Lipinski definition) is 5. The second-order valence-corrected chi connectivity index (χ2v) is 6.35. The lowest BCUT2D eigenvalue weighted by Crippen LogP contribution is -2.11. The van der Waals surface area contributed by atoms with Crippen LogP contribution in [-0.2, 0) is 7.05 Å². The van der Waals surface area contributed by atoms with E-state index in [1.807, 2.05) is 37.5 Å². The van der Waals surface area contributed by atoms with Crippen LogP contribution in [0.2, 0.25) is 5.02 Å². The second kappa shape index (κ2) is 7.19. The van der Waals surface area contributed by atoms with Gasteiger partial charge in [-0.1, -0.05) is 39.7 Å². The molecule has 3 aromatic rings. The van der Waals surface area contributed by atoms with Crippen LogP contribution >= 0.6 is 27.5 Å². The van der Waals surface area contributed by atoms with Gasteiger partial charge in [0.05, 0.1) is 24.1 Å². The number of rotatable bonds is 5. The summed E-state index contributed by atoms with van der Waals surface area (Å²) in [5.74, 6) is 0.889. The van der Waals surface area contributed by atoms with E-state index in [1.54, 1.807) is 10.9 Å². The van der Waals surface area contributed by atoms with Crippen LogP contribution in [0.3, 0.4) is 0 Å². The Bertz CT molecular complexity index is 850. The molecule has 0 aliphatic carbocycles. The fourth-order valence-corrected chi connectivity index (χ4v) is 2.56. The van der Waals surface area contributed by atoms with E-state index in [2.05, 4.69) is 48.6 Å². The average Bonchev–Trinajstić information content (AvgIpc) is 2.95. The predicted octanol–water partition coefficient (Wildman–Crippen LogP) is 4.20. The lowest BCUT2D eigenvalue weighted by Gasteiger charge is -2.15. The van der Waals surface area contributed by atoms with E-state index >= 15 is 0 Å². The zero-order chi connectivity index (χ0) is 17.1. The number of nitrogens with one attached hydrogen (secondary N) is 2. The Kier molecular flexibility index (Phi) is 5.01. The molecule has 2 aromatic heterocycles. The zero-order valence-corrected chi connectivity index (χ0v) is 15.1. The van der Waals surface area contributed by atoms with Crippen LogP contribution in [0.25, 0.3) is 0 Å². The van der Waals surface area contributed by atoms with Gasteiger partial charge in [-0.2, -0.15) is 10.1 Å². The smallest absolute Gasteiger partial charge is 0.229 e. The molecule has 0 unspecified atom stereocenters. The third-order valence-electron chi connectivity index (χ3n) is 3.15. The fourth-order valence-electron chi connectivity index (χ4n) is 2.02. The SMILES string of the molecule is [CH2][C](Nc1nc(Nc2cnn(C)c2)ncc1Cl)c1cccc(Br)c1. The molecule has 0 atom stereocenters. The van der Waals surface area contributed by atoms with Crippen molar-refractivity contribution in [3.8, 4) is 0 Å². The van der Waals surface area contributed by atoms with Crippen LogP contribution in [0.4, 0.5) is 17.5 Å². The highest BCUT2D eigenvalue weighted by Gasteiger charge is 2.12. The van der Waals surface area contributed by atoms with Crippen molar-refractivity contribution >= 4 is 45.0 Å². The molecule has 0 aliphatic rings. The Hall–Kier alpha value is -2.12. The first-order valence-electron chi connectivity index (χ1n) is 7.01. The van der Waals surface area contributed by atoms with Crippen molar-refractivity contribution in [1.29, 1.82) is 0 Å². The number of aryl methyl sites for hydroxylation is 1. The maximum Gasteiger partial charge on any atom is 0.229 e. The van der Waals surface area contributed by atoms with Gasteiger partial charge in [0.1, 0.15) is 5.02 Å². The maximum atomic E-state index is 6.18. The van der Waals surface area contributed by atoms with Crippen molar-refractivity contribution < 1.29 is 0 Å². The van der Waals surface area contributed by atoms with Gasteiger partial charge in [0.15, 0.2) is 5.82 Å². The van der Waals surface area contributed by atoms with Crippen molar-refractivity contribution in [2.75, 3.05) is 10.6 Å². The first-order valence-corrected chi connectivity index (χ1v) is 8.18. The molecule has 6 nitrogen and oxygen atoms in total. The van der Waals surface area contributed by atoms with E-state index in [9.17, 15) is 0 Å². The van der Waals surface area contributed by atoms with Gasteiger partial charge in [0, 0.05) is 17.7 Å². The Morgan fingerprint density at radius 1 is 1.33 bits per heavy atom. The standard InChI is InChI=1S/C16H14BrClN6/c1-10(11-4-3-5-12(17)6-11)21-15-14(18)8-19-16(23-15)22-13-7-20-24(2)9-13/h3-9H,1H2,2H3,(H2,19,21,22,23). The number of nitrogens with zero attached hydrogens (tertiary/aromatic N) is 4. The Morgan fingerprint density at radius 3 is 2.88 bits per heavy atom. The summed E-state index contributed by atoms with van der Waals surface area (Å²) in [5.41, 5.74) is 1.72. The normalized spacial score (nSPS) is 10.9. The van der Waals surface area contributed by atoms with E-state index in [-0.39, 0.29) is 0 Å². The number of benzene rings is 1. The number of anilines is 3. The molecule has 0 fully saturated rings. The second-order valence-electron chi connectivity index (χ2n) is 5.03. The van der Waals surface area contributed by atoms with E-state index in [4.69, 9.17) is 11.6 Å². The maximum absolute atomic E-state index is 6.18. The summed E-state index contributed by atoms with van der Waals surface area (Å²) in [6.07, 6.45) is 5.04. The van der Waals surface area contributed by atoms with Gasteiger partial charge >= 0.3 is 0 Å². The highest BCUT2D eigenvalue weighted by atomic mass is 79.9. The van der Waals surface area contributed by atoms with E-state index in [0.717, 1.165) is 15.7 Å². The van der Waals surface area contributed by atoms with Crippen LogP contribution < -0.4 is 10.6 Å². The lowest BCUT2D eigenvalue weighted by molar-refractivity contribution is 0.768. The van der Waals surface area contributed by atoms with Crippen molar-refractivity contribution in [3.05, 3.63) is 70.9 Å². The molecule has 2 N–H and O–H groups in total. The molecule has 0 amide bonds. The van der Waals surface area contributed by atoms with Gasteiger partial charge in [-0.05, 0) is 24.6 Å². The fraction of sp³-hybridized carbons (Fsp3) is 0.0625. The van der Waals surface area contributed by atoms with E-state index in [0.29, 0.717) is 22.8 Å². The number of halogens is 2. The molecule has 8 heteroatoms. The number of hydrogen-bond donors (Lipinski definition) is 2. The molecule has 0 spiro atoms. The minimum atomic E-state index is 0.405. The van der Waals surface area contributed by atoms with Crippen LogP contribution in [0.15, 0.2) is 47.3 Å². The third-order valence-corrected chi connectivity index (χ3v) is 3.92. The average molecular weight is 406 g/mol. The first-order chi connectivity index (χ1) is 11.5. The molecule has 0 bridgehead atoms. The van der Waals surface area contributed by atoms with Crippen LogP contribution in [-0.4, -0.2) is 19.7 Å². The first kappa shape index (κ1) is 16.7. The minimum absolute atomic E-state index is 0.405. The summed E-state index contributed by atoms with van der Waals surface area (Å²) in [6.45, 7) is 4.03. The van der Waals surface area contributed by atoms with Gasteiger partial charge < -0.3 is 10.6 Å². The summed E-state index contributed by atoms with van der Waals surface area (Å²) in [4.78, 5) is 8.56. The molecule has 0 aliphatic heterocycles. The predicted molar refractivity (Wildman–Crippen MR) is 99.0 cm³/mol. The molecular weight excluding hydrogens is 392 g/mol. The molecule has 0 saturated heterocycles. The monoisotopic (exact) mass is 404 g/mol. The van der Waals surface area contributed by atoms with Crippen molar-refractivity contribution in [2.45, 2.75) is 0 Å². The van der Waals surface area contributed by atoms with Crippen molar-refractivity contribution in [2.24, 2.45) is 7.05 Å². The van der Waals surface area contributed by atoms with Crippen molar-refractivity contribution in [3.63, 3.8) is 0 Å². The van der Waals surface area contributed by atoms with Crippen LogP contribution in [0.5, 0.6) is 0 Å². The highest BCUT2D eigenvalue weighted by molar-refractivity contribution is 9.10. The molecule has 122 valence electrons. The molecule has 2 radical (unpaired) electrons. The Morgan fingerprint density at radius 2 is 2.17 bits per heavy atom. The van der Waals surface area contributed by atoms with E-state index in [1.165, 1.54) is 6.20 Å². The topological polar surface area (TPSA) is 67.7 Å². The van der Waals surface area contributed by atoms with E-state index < -0.39 is 0 Å². The Labute approximate surface area is 153 Å². The molecule has 0 saturated carbocycles. The highest BCUT2D eigenvalue weighted by Crippen LogP contribution is 2.26.